The van der Waals surface area contributed by atoms with Crippen LogP contribution in [0.5, 0.6) is 0 Å². The Morgan fingerprint density at radius 3 is 2.57 bits per heavy atom. The van der Waals surface area contributed by atoms with Gasteiger partial charge in [0.15, 0.2) is 5.13 Å². The van der Waals surface area contributed by atoms with E-state index in [0.29, 0.717) is 22.9 Å². The van der Waals surface area contributed by atoms with Crippen LogP contribution < -0.4 is 9.62 Å². The summed E-state index contributed by atoms with van der Waals surface area (Å²) in [6.07, 6.45) is 2.69. The van der Waals surface area contributed by atoms with Crippen molar-refractivity contribution in [2.75, 3.05) is 22.4 Å². The van der Waals surface area contributed by atoms with Gasteiger partial charge in [-0.1, -0.05) is 29.8 Å². The molecule has 0 unspecified atom stereocenters. The summed E-state index contributed by atoms with van der Waals surface area (Å²) in [5.74, 6) is -0.251. The lowest BCUT2D eigenvalue weighted by Gasteiger charge is -2.29. The van der Waals surface area contributed by atoms with E-state index in [4.69, 9.17) is 0 Å². The number of anilines is 2. The first-order chi connectivity index (χ1) is 14.2. The summed E-state index contributed by atoms with van der Waals surface area (Å²) in [4.78, 5) is 18.4. The number of hydrogen-bond acceptors (Lipinski definition) is 5. The first-order valence-electron chi connectivity index (χ1n) is 9.69. The van der Waals surface area contributed by atoms with E-state index in [1.807, 2.05) is 38.1 Å². The number of nitrogens with one attached hydrogen (secondary N) is 1. The summed E-state index contributed by atoms with van der Waals surface area (Å²) in [6.45, 7) is 4.50. The molecule has 3 aromatic rings. The Labute approximate surface area is 180 Å². The number of carbonyl (C=O) groups excluding carboxylic acids is 1. The van der Waals surface area contributed by atoms with Gasteiger partial charge in [-0.2, -0.15) is 0 Å². The molecule has 156 valence electrons. The van der Waals surface area contributed by atoms with Crippen molar-refractivity contribution in [2.45, 2.75) is 26.7 Å². The highest BCUT2D eigenvalue weighted by Crippen LogP contribution is 2.32. The molecule has 0 spiro atoms. The summed E-state index contributed by atoms with van der Waals surface area (Å²) in [6, 6.07) is 13.3. The second-order valence-electron chi connectivity index (χ2n) is 7.53. The van der Waals surface area contributed by atoms with Crippen molar-refractivity contribution in [2.24, 2.45) is 0 Å². The molecule has 1 N–H and O–H groups in total. The van der Waals surface area contributed by atoms with Gasteiger partial charge in [-0.05, 0) is 50.5 Å². The molecule has 0 bridgehead atoms. The zero-order valence-corrected chi connectivity index (χ0v) is 18.7. The number of benzene rings is 2. The maximum Gasteiger partial charge on any atom is 0.257 e. The van der Waals surface area contributed by atoms with Crippen LogP contribution in [0.25, 0.3) is 11.3 Å². The van der Waals surface area contributed by atoms with Gasteiger partial charge in [-0.15, -0.1) is 11.3 Å². The van der Waals surface area contributed by atoms with Crippen LogP contribution in [-0.4, -0.2) is 32.1 Å². The van der Waals surface area contributed by atoms with Crippen molar-refractivity contribution >= 4 is 38.1 Å². The van der Waals surface area contributed by atoms with E-state index in [0.717, 1.165) is 34.5 Å². The van der Waals surface area contributed by atoms with Gasteiger partial charge in [0.1, 0.15) is 0 Å². The van der Waals surface area contributed by atoms with Crippen LogP contribution in [0, 0.1) is 13.8 Å². The minimum atomic E-state index is -3.33. The Balaban J connectivity index is 1.56. The van der Waals surface area contributed by atoms with E-state index in [1.165, 1.54) is 27.5 Å². The van der Waals surface area contributed by atoms with Crippen LogP contribution in [0.1, 0.15) is 32.8 Å². The third-order valence-corrected chi connectivity index (χ3v) is 7.23. The van der Waals surface area contributed by atoms with Crippen LogP contribution in [0.4, 0.5) is 10.8 Å². The average Bonchev–Trinajstić information content (AvgIpc) is 3.06. The minimum Gasteiger partial charge on any atom is -0.298 e. The lowest BCUT2D eigenvalue weighted by molar-refractivity contribution is 0.102. The molecule has 1 aliphatic heterocycles. The molecule has 1 amide bonds. The Bertz CT molecular complexity index is 1210. The number of nitrogens with zero attached hydrogens (tertiary/aromatic N) is 2. The highest BCUT2D eigenvalue weighted by atomic mass is 32.2. The number of sulfonamides is 1. The van der Waals surface area contributed by atoms with Gasteiger partial charge in [-0.3, -0.25) is 14.4 Å². The maximum absolute atomic E-state index is 12.8. The third kappa shape index (κ3) is 4.11. The summed E-state index contributed by atoms with van der Waals surface area (Å²) in [7, 11) is -3.33. The van der Waals surface area contributed by atoms with E-state index in [1.54, 1.807) is 18.2 Å². The van der Waals surface area contributed by atoms with Gasteiger partial charge in [0.2, 0.25) is 10.0 Å². The van der Waals surface area contributed by atoms with Crippen molar-refractivity contribution in [3.63, 3.8) is 0 Å². The predicted molar refractivity (Wildman–Crippen MR) is 122 cm³/mol. The van der Waals surface area contributed by atoms with Crippen LogP contribution in [0.3, 0.4) is 0 Å². The highest BCUT2D eigenvalue weighted by molar-refractivity contribution is 7.92. The number of aryl methyl sites for hydroxylation is 3. The summed E-state index contributed by atoms with van der Waals surface area (Å²) in [5, 5.41) is 3.43. The number of amides is 1. The molecule has 2 heterocycles. The molecule has 2 aromatic carbocycles. The fraction of sp³-hybridized carbons (Fsp3) is 0.273. The lowest BCUT2D eigenvalue weighted by Crippen LogP contribution is -2.34. The standard InChI is InChI=1S/C22H23N3O3S2/c1-14-6-8-16(9-7-14)20-15(2)29-22(23-20)24-21(26)18-10-11-19-17(13-18)5-4-12-25(19)30(3,27)28/h6-11,13H,4-5,12H2,1-3H3,(H,23,24,26). The first-order valence-corrected chi connectivity index (χ1v) is 12.4. The van der Waals surface area contributed by atoms with Crippen LogP contribution in [-0.2, 0) is 16.4 Å². The monoisotopic (exact) mass is 441 g/mol. The van der Waals surface area contributed by atoms with Gasteiger partial charge >= 0.3 is 0 Å². The fourth-order valence-electron chi connectivity index (χ4n) is 3.65. The molecular formula is C22H23N3O3S2. The molecule has 4 rings (SSSR count). The quantitative estimate of drug-likeness (QED) is 0.651. The van der Waals surface area contributed by atoms with E-state index >= 15 is 0 Å². The average molecular weight is 442 g/mol. The SMILES string of the molecule is Cc1ccc(-c2nc(NC(=O)c3ccc4c(c3)CCCN4S(C)(=O)=O)sc2C)cc1. The predicted octanol–water partition coefficient (Wildman–Crippen LogP) is 4.39. The van der Waals surface area contributed by atoms with Crippen molar-refractivity contribution in [3.05, 3.63) is 64.0 Å². The summed E-state index contributed by atoms with van der Waals surface area (Å²) in [5.41, 5.74) is 5.09. The molecule has 6 nitrogen and oxygen atoms in total. The van der Waals surface area contributed by atoms with Crippen LogP contribution >= 0.6 is 11.3 Å². The van der Waals surface area contributed by atoms with Crippen LogP contribution in [0.2, 0.25) is 0 Å². The number of fused-ring (bicyclic) bond motifs is 1. The highest BCUT2D eigenvalue weighted by Gasteiger charge is 2.25. The minimum absolute atomic E-state index is 0.251. The number of aromatic nitrogens is 1. The second-order valence-corrected chi connectivity index (χ2v) is 10.6. The molecule has 0 atom stereocenters. The Morgan fingerprint density at radius 2 is 1.87 bits per heavy atom. The summed E-state index contributed by atoms with van der Waals surface area (Å²) >= 11 is 1.44. The molecule has 0 radical (unpaired) electrons. The van der Waals surface area contributed by atoms with Crippen molar-refractivity contribution < 1.29 is 13.2 Å². The molecule has 0 aliphatic carbocycles. The van der Waals surface area contributed by atoms with Gasteiger partial charge in [0.05, 0.1) is 17.6 Å². The first kappa shape index (κ1) is 20.6. The van der Waals surface area contributed by atoms with Crippen molar-refractivity contribution in [3.8, 4) is 11.3 Å². The molecule has 0 saturated carbocycles. The van der Waals surface area contributed by atoms with Gasteiger partial charge in [0, 0.05) is 22.5 Å². The second kappa shape index (κ2) is 7.85. The molecule has 1 aliphatic rings. The summed E-state index contributed by atoms with van der Waals surface area (Å²) < 4.78 is 25.4. The maximum atomic E-state index is 12.8. The normalized spacial score (nSPS) is 13.8. The molecule has 0 saturated heterocycles. The van der Waals surface area contributed by atoms with Gasteiger partial charge < -0.3 is 0 Å². The Hall–Kier alpha value is -2.71. The Morgan fingerprint density at radius 1 is 1.13 bits per heavy atom. The molecule has 30 heavy (non-hydrogen) atoms. The van der Waals surface area contributed by atoms with E-state index < -0.39 is 10.0 Å². The topological polar surface area (TPSA) is 79.4 Å². The van der Waals surface area contributed by atoms with Crippen molar-refractivity contribution in [1.29, 1.82) is 0 Å². The Kier molecular flexibility index (Phi) is 5.38. The van der Waals surface area contributed by atoms with E-state index in [2.05, 4.69) is 10.3 Å². The van der Waals surface area contributed by atoms with Gasteiger partial charge in [-0.25, -0.2) is 13.4 Å². The zero-order chi connectivity index (χ0) is 21.5. The third-order valence-electron chi connectivity index (χ3n) is 5.16. The fourth-order valence-corrected chi connectivity index (χ4v) is 5.47. The number of hydrogen-bond donors (Lipinski definition) is 1. The largest absolute Gasteiger partial charge is 0.298 e. The van der Waals surface area contributed by atoms with Crippen LogP contribution in [0.15, 0.2) is 42.5 Å². The molecule has 0 fully saturated rings. The number of rotatable bonds is 4. The zero-order valence-electron chi connectivity index (χ0n) is 17.1. The molecular weight excluding hydrogens is 418 g/mol. The van der Waals surface area contributed by atoms with Crippen molar-refractivity contribution in [1.82, 2.24) is 4.98 Å². The molecule has 8 heteroatoms. The molecule has 1 aromatic heterocycles. The number of carbonyl (C=O) groups is 1. The van der Waals surface area contributed by atoms with Gasteiger partial charge in [0.25, 0.3) is 5.91 Å². The smallest absolute Gasteiger partial charge is 0.257 e. The number of thiazole rings is 1. The van der Waals surface area contributed by atoms with E-state index in [9.17, 15) is 13.2 Å². The van der Waals surface area contributed by atoms with E-state index in [-0.39, 0.29) is 5.91 Å². The lowest BCUT2D eigenvalue weighted by atomic mass is 10.0.